The molecule has 0 saturated heterocycles. The highest BCUT2D eigenvalue weighted by Crippen LogP contribution is 2.22. The van der Waals surface area contributed by atoms with Crippen LogP contribution in [0.1, 0.15) is 16.1 Å². The first-order valence-corrected chi connectivity index (χ1v) is 7.99. The van der Waals surface area contributed by atoms with Gasteiger partial charge in [0.2, 0.25) is 4.96 Å². The summed E-state index contributed by atoms with van der Waals surface area (Å²) in [5.74, 6) is 0.708. The minimum atomic E-state index is 0.708. The van der Waals surface area contributed by atoms with Crippen molar-refractivity contribution >= 4 is 28.4 Å². The minimum absolute atomic E-state index is 0.708. The van der Waals surface area contributed by atoms with Gasteiger partial charge in [-0.25, -0.2) is 0 Å². The molecule has 3 aromatic heterocycles. The molecule has 0 aliphatic carbocycles. The van der Waals surface area contributed by atoms with Gasteiger partial charge in [-0.2, -0.15) is 9.61 Å². The summed E-state index contributed by atoms with van der Waals surface area (Å²) in [6.07, 6.45) is 7.56. The molecule has 0 atom stereocenters. The van der Waals surface area contributed by atoms with Crippen molar-refractivity contribution < 1.29 is 0 Å². The Morgan fingerprint density at radius 3 is 2.87 bits per heavy atom. The highest BCUT2D eigenvalue weighted by atomic mass is 32.1. The van der Waals surface area contributed by atoms with Crippen LogP contribution in [0.25, 0.3) is 28.5 Å². The number of benzene rings is 1. The summed E-state index contributed by atoms with van der Waals surface area (Å²) in [7, 11) is 0. The molecule has 3 heterocycles. The number of hydrogen-bond donors (Lipinski definition) is 0. The van der Waals surface area contributed by atoms with Gasteiger partial charge >= 0.3 is 0 Å². The number of aromatic nitrogens is 5. The van der Waals surface area contributed by atoms with Crippen LogP contribution in [0.3, 0.4) is 0 Å². The summed E-state index contributed by atoms with van der Waals surface area (Å²) >= 11 is 1.51. The molecule has 0 fully saturated rings. The molecule has 0 saturated carbocycles. The number of aryl methyl sites for hydroxylation is 1. The van der Waals surface area contributed by atoms with Crippen molar-refractivity contribution in [3.63, 3.8) is 0 Å². The zero-order valence-electron chi connectivity index (χ0n) is 12.4. The first kappa shape index (κ1) is 13.8. The summed E-state index contributed by atoms with van der Waals surface area (Å²) in [6, 6.07) is 12.2. The molecule has 0 aliphatic heterocycles. The van der Waals surface area contributed by atoms with Gasteiger partial charge in [-0.3, -0.25) is 4.98 Å². The fourth-order valence-corrected chi connectivity index (χ4v) is 3.06. The predicted octanol–water partition coefficient (Wildman–Crippen LogP) is 3.73. The van der Waals surface area contributed by atoms with E-state index in [1.165, 1.54) is 16.9 Å². The Kier molecular flexibility index (Phi) is 3.44. The molecule has 0 aliphatic rings. The van der Waals surface area contributed by atoms with Crippen LogP contribution in [0.4, 0.5) is 0 Å². The van der Waals surface area contributed by atoms with Crippen LogP contribution in [0.2, 0.25) is 0 Å². The highest BCUT2D eigenvalue weighted by molar-refractivity contribution is 7.17. The van der Waals surface area contributed by atoms with Gasteiger partial charge in [-0.15, -0.1) is 10.2 Å². The van der Waals surface area contributed by atoms with Crippen molar-refractivity contribution in [2.45, 2.75) is 6.92 Å². The second-order valence-electron chi connectivity index (χ2n) is 5.15. The van der Waals surface area contributed by atoms with Crippen molar-refractivity contribution in [3.8, 4) is 11.4 Å². The minimum Gasteiger partial charge on any atom is -0.264 e. The van der Waals surface area contributed by atoms with Crippen molar-refractivity contribution in [2.24, 2.45) is 0 Å². The van der Waals surface area contributed by atoms with E-state index in [2.05, 4.69) is 51.5 Å². The van der Waals surface area contributed by atoms with Crippen molar-refractivity contribution in [1.82, 2.24) is 24.8 Å². The molecular formula is C17H13N5S. The third kappa shape index (κ3) is 2.76. The Bertz CT molecular complexity index is 985. The molecular weight excluding hydrogens is 306 g/mol. The molecule has 0 unspecified atom stereocenters. The SMILES string of the molecule is Cc1cccc(/C=C/c2nn3c(-c4cccnc4)nnc3s2)c1. The third-order valence-electron chi connectivity index (χ3n) is 3.39. The Hall–Kier alpha value is -2.86. The molecule has 6 heteroatoms. The van der Waals surface area contributed by atoms with Crippen LogP contribution in [0.15, 0.2) is 48.8 Å². The predicted molar refractivity (Wildman–Crippen MR) is 92.0 cm³/mol. The van der Waals surface area contributed by atoms with E-state index in [4.69, 9.17) is 0 Å². The van der Waals surface area contributed by atoms with Gasteiger partial charge in [-0.1, -0.05) is 47.2 Å². The summed E-state index contributed by atoms with van der Waals surface area (Å²) in [4.78, 5) is 4.89. The van der Waals surface area contributed by atoms with Gasteiger partial charge in [-0.05, 0) is 30.7 Å². The fraction of sp³-hybridized carbons (Fsp3) is 0.0588. The third-order valence-corrected chi connectivity index (χ3v) is 4.25. The summed E-state index contributed by atoms with van der Waals surface area (Å²) < 4.78 is 1.76. The van der Waals surface area contributed by atoms with Gasteiger partial charge in [0.1, 0.15) is 5.01 Å². The van der Waals surface area contributed by atoms with Crippen LogP contribution in [-0.4, -0.2) is 24.8 Å². The summed E-state index contributed by atoms with van der Waals surface area (Å²) in [5, 5.41) is 13.9. The fourth-order valence-electron chi connectivity index (χ4n) is 2.32. The molecule has 0 spiro atoms. The van der Waals surface area contributed by atoms with E-state index in [-0.39, 0.29) is 0 Å². The van der Waals surface area contributed by atoms with E-state index in [0.717, 1.165) is 21.1 Å². The molecule has 112 valence electrons. The quantitative estimate of drug-likeness (QED) is 0.577. The Labute approximate surface area is 137 Å². The van der Waals surface area contributed by atoms with E-state index in [0.29, 0.717) is 5.82 Å². The lowest BCUT2D eigenvalue weighted by atomic mass is 10.1. The number of pyridine rings is 1. The molecule has 1 aromatic carbocycles. The van der Waals surface area contributed by atoms with Gasteiger partial charge in [0.25, 0.3) is 0 Å². The van der Waals surface area contributed by atoms with Crippen LogP contribution in [0.5, 0.6) is 0 Å². The van der Waals surface area contributed by atoms with Crippen molar-refractivity contribution in [1.29, 1.82) is 0 Å². The molecule has 0 radical (unpaired) electrons. The number of fused-ring (bicyclic) bond motifs is 1. The molecule has 4 rings (SSSR count). The maximum absolute atomic E-state index is 4.58. The Morgan fingerprint density at radius 2 is 2.04 bits per heavy atom. The maximum atomic E-state index is 4.58. The van der Waals surface area contributed by atoms with Crippen molar-refractivity contribution in [2.75, 3.05) is 0 Å². The normalized spacial score (nSPS) is 11.5. The Balaban J connectivity index is 1.69. The van der Waals surface area contributed by atoms with Gasteiger partial charge in [0, 0.05) is 18.0 Å². The van der Waals surface area contributed by atoms with E-state index >= 15 is 0 Å². The number of rotatable bonds is 3. The molecule has 4 aromatic rings. The van der Waals surface area contributed by atoms with Crippen LogP contribution in [-0.2, 0) is 0 Å². The largest absolute Gasteiger partial charge is 0.264 e. The van der Waals surface area contributed by atoms with E-state index in [9.17, 15) is 0 Å². The standard InChI is InChI=1S/C17H13N5S/c1-12-4-2-5-13(10-12)7-8-15-21-22-16(19-20-17(22)23-15)14-6-3-9-18-11-14/h2-11H,1H3/b8-7+. The molecule has 23 heavy (non-hydrogen) atoms. The van der Waals surface area contributed by atoms with Crippen LogP contribution < -0.4 is 0 Å². The first-order valence-electron chi connectivity index (χ1n) is 7.17. The lowest BCUT2D eigenvalue weighted by Gasteiger charge is -1.95. The smallest absolute Gasteiger partial charge is 0.235 e. The number of hydrogen-bond acceptors (Lipinski definition) is 5. The average Bonchev–Trinajstić information content (AvgIpc) is 3.14. The topological polar surface area (TPSA) is 56.0 Å². The zero-order valence-corrected chi connectivity index (χ0v) is 13.2. The second-order valence-corrected chi connectivity index (χ2v) is 6.14. The zero-order chi connectivity index (χ0) is 15.6. The molecule has 0 amide bonds. The summed E-state index contributed by atoms with van der Waals surface area (Å²) in [5.41, 5.74) is 3.30. The first-order chi connectivity index (χ1) is 11.3. The van der Waals surface area contributed by atoms with Crippen LogP contribution in [0, 0.1) is 6.92 Å². The van der Waals surface area contributed by atoms with E-state index in [1.807, 2.05) is 24.3 Å². The number of nitrogens with zero attached hydrogens (tertiary/aromatic N) is 5. The molecule has 5 nitrogen and oxygen atoms in total. The highest BCUT2D eigenvalue weighted by Gasteiger charge is 2.12. The second kappa shape index (κ2) is 5.73. The molecule has 0 bridgehead atoms. The maximum Gasteiger partial charge on any atom is 0.235 e. The van der Waals surface area contributed by atoms with Crippen LogP contribution >= 0.6 is 11.3 Å². The monoisotopic (exact) mass is 319 g/mol. The average molecular weight is 319 g/mol. The Morgan fingerprint density at radius 1 is 1.09 bits per heavy atom. The lowest BCUT2D eigenvalue weighted by Crippen LogP contribution is -1.91. The van der Waals surface area contributed by atoms with Gasteiger partial charge in [0.05, 0.1) is 0 Å². The van der Waals surface area contributed by atoms with Gasteiger partial charge < -0.3 is 0 Å². The van der Waals surface area contributed by atoms with E-state index < -0.39 is 0 Å². The van der Waals surface area contributed by atoms with Crippen molar-refractivity contribution in [3.05, 3.63) is 64.9 Å². The van der Waals surface area contributed by atoms with Gasteiger partial charge in [0.15, 0.2) is 5.82 Å². The summed E-state index contributed by atoms with van der Waals surface area (Å²) in [6.45, 7) is 2.08. The lowest BCUT2D eigenvalue weighted by molar-refractivity contribution is 0.958. The van der Waals surface area contributed by atoms with E-state index in [1.54, 1.807) is 16.9 Å². The molecule has 0 N–H and O–H groups in total.